The van der Waals surface area contributed by atoms with Crippen LogP contribution in [0.1, 0.15) is 40.0 Å². The largest absolute Gasteiger partial charge is 0.478 e. The van der Waals surface area contributed by atoms with E-state index in [-0.39, 0.29) is 12.0 Å². The van der Waals surface area contributed by atoms with E-state index in [9.17, 15) is 9.90 Å². The zero-order valence-corrected chi connectivity index (χ0v) is 11.3. The molecule has 0 unspecified atom stereocenters. The van der Waals surface area contributed by atoms with Crippen LogP contribution in [-0.4, -0.2) is 22.3 Å². The number of hydrogen-bond acceptors (Lipinski definition) is 2. The normalized spacial score (nSPS) is 36.8. The van der Waals surface area contributed by atoms with Gasteiger partial charge in [-0.1, -0.05) is 18.6 Å². The molecule has 2 N–H and O–H groups in total. The van der Waals surface area contributed by atoms with Crippen LogP contribution >= 0.6 is 0 Å². The monoisotopic (exact) mass is 250 g/mol. The number of carbonyl (C=O) groups is 1. The molecule has 18 heavy (non-hydrogen) atoms. The third-order valence-corrected chi connectivity index (χ3v) is 4.64. The third kappa shape index (κ3) is 2.24. The average molecular weight is 250 g/mol. The molecule has 0 aromatic carbocycles. The Kier molecular flexibility index (Phi) is 3.62. The number of rotatable bonds is 2. The fourth-order valence-electron chi connectivity index (χ4n) is 3.48. The first-order valence-electron chi connectivity index (χ1n) is 6.72. The molecule has 3 heteroatoms. The molecule has 0 heterocycles. The molecule has 0 aromatic rings. The summed E-state index contributed by atoms with van der Waals surface area (Å²) >= 11 is 0. The molecule has 0 radical (unpaired) electrons. The summed E-state index contributed by atoms with van der Waals surface area (Å²) in [5.74, 6) is 0.403. The van der Waals surface area contributed by atoms with Crippen molar-refractivity contribution in [2.24, 2.45) is 17.8 Å². The van der Waals surface area contributed by atoms with Gasteiger partial charge < -0.3 is 10.2 Å². The second kappa shape index (κ2) is 4.88. The lowest BCUT2D eigenvalue weighted by Crippen LogP contribution is -2.24. The summed E-state index contributed by atoms with van der Waals surface area (Å²) in [6.07, 6.45) is 4.48. The Morgan fingerprint density at radius 2 is 2.06 bits per heavy atom. The lowest BCUT2D eigenvalue weighted by Gasteiger charge is -2.33. The highest BCUT2D eigenvalue weighted by Gasteiger charge is 2.39. The Morgan fingerprint density at radius 3 is 2.67 bits per heavy atom. The predicted octanol–water partition coefficient (Wildman–Crippen LogP) is 2.76. The van der Waals surface area contributed by atoms with Crippen molar-refractivity contribution in [1.29, 1.82) is 0 Å². The number of carboxylic acid groups (broad SMARTS) is 1. The second-order valence-electron chi connectivity index (χ2n) is 5.81. The second-order valence-corrected chi connectivity index (χ2v) is 5.81. The van der Waals surface area contributed by atoms with Gasteiger partial charge in [0.05, 0.1) is 6.10 Å². The van der Waals surface area contributed by atoms with Crippen LogP contribution in [0.3, 0.4) is 0 Å². The molecular formula is C15H22O3. The first kappa shape index (κ1) is 13.3. The van der Waals surface area contributed by atoms with E-state index >= 15 is 0 Å². The summed E-state index contributed by atoms with van der Waals surface area (Å²) in [5, 5.41) is 19.0. The van der Waals surface area contributed by atoms with Gasteiger partial charge in [-0.2, -0.15) is 0 Å². The maximum atomic E-state index is 10.9. The lowest BCUT2D eigenvalue weighted by molar-refractivity contribution is -0.132. The Hall–Kier alpha value is -1.09. The molecule has 2 aliphatic carbocycles. The molecule has 0 saturated heterocycles. The molecule has 100 valence electrons. The quantitative estimate of drug-likeness (QED) is 0.585. The molecule has 0 aromatic heterocycles. The fourth-order valence-corrected chi connectivity index (χ4v) is 3.48. The molecule has 0 amide bonds. The smallest absolute Gasteiger partial charge is 0.330 e. The molecule has 2 rings (SSSR count). The van der Waals surface area contributed by atoms with Crippen LogP contribution in [0.2, 0.25) is 0 Å². The zero-order valence-electron chi connectivity index (χ0n) is 11.3. The van der Waals surface area contributed by atoms with Gasteiger partial charge >= 0.3 is 5.97 Å². The van der Waals surface area contributed by atoms with Crippen molar-refractivity contribution in [2.75, 3.05) is 0 Å². The first-order valence-corrected chi connectivity index (χ1v) is 6.72. The number of aliphatic hydroxyl groups excluding tert-OH is 1. The SMILES string of the molecule is CC1=C2[C@H](/C=C(/C)C(=O)O)CC[C@H](C)[C@@H]2C[C@H]1O. The van der Waals surface area contributed by atoms with Crippen molar-refractivity contribution >= 4 is 5.97 Å². The van der Waals surface area contributed by atoms with Crippen LogP contribution in [0.25, 0.3) is 0 Å². The maximum Gasteiger partial charge on any atom is 0.330 e. The Morgan fingerprint density at radius 1 is 1.39 bits per heavy atom. The van der Waals surface area contributed by atoms with E-state index < -0.39 is 5.97 Å². The van der Waals surface area contributed by atoms with Crippen LogP contribution in [0, 0.1) is 17.8 Å². The zero-order chi connectivity index (χ0) is 13.4. The molecule has 4 atom stereocenters. The average Bonchev–Trinajstić information content (AvgIpc) is 2.61. The Balaban J connectivity index is 2.32. The number of hydrogen-bond donors (Lipinski definition) is 2. The van der Waals surface area contributed by atoms with Crippen molar-refractivity contribution in [3.8, 4) is 0 Å². The van der Waals surface area contributed by atoms with Crippen LogP contribution in [-0.2, 0) is 4.79 Å². The van der Waals surface area contributed by atoms with Crippen LogP contribution < -0.4 is 0 Å². The number of carboxylic acids is 1. The van der Waals surface area contributed by atoms with E-state index in [1.165, 1.54) is 5.57 Å². The maximum absolute atomic E-state index is 10.9. The lowest BCUT2D eigenvalue weighted by atomic mass is 9.71. The third-order valence-electron chi connectivity index (χ3n) is 4.64. The van der Waals surface area contributed by atoms with Gasteiger partial charge in [-0.3, -0.25) is 0 Å². The van der Waals surface area contributed by atoms with Crippen molar-refractivity contribution in [3.63, 3.8) is 0 Å². The summed E-state index contributed by atoms with van der Waals surface area (Å²) in [6.45, 7) is 5.88. The molecule has 0 spiro atoms. The molecule has 3 nitrogen and oxygen atoms in total. The molecule has 1 fully saturated rings. The Labute approximate surface area is 108 Å². The van der Waals surface area contributed by atoms with Crippen molar-refractivity contribution < 1.29 is 15.0 Å². The molecule has 0 aliphatic heterocycles. The fraction of sp³-hybridized carbons (Fsp3) is 0.667. The molecular weight excluding hydrogens is 228 g/mol. The van der Waals surface area contributed by atoms with Crippen LogP contribution in [0.15, 0.2) is 22.8 Å². The van der Waals surface area contributed by atoms with E-state index in [0.717, 1.165) is 24.8 Å². The highest BCUT2D eigenvalue weighted by molar-refractivity contribution is 5.85. The molecule has 0 bridgehead atoms. The van der Waals surface area contributed by atoms with Crippen molar-refractivity contribution in [2.45, 2.75) is 46.1 Å². The molecule has 2 aliphatic rings. The number of allylic oxidation sites excluding steroid dienone is 2. The van der Waals surface area contributed by atoms with Gasteiger partial charge in [-0.15, -0.1) is 0 Å². The highest BCUT2D eigenvalue weighted by Crippen LogP contribution is 2.48. The van der Waals surface area contributed by atoms with E-state index in [1.54, 1.807) is 6.92 Å². The van der Waals surface area contributed by atoms with Gasteiger partial charge in [-0.25, -0.2) is 4.79 Å². The number of fused-ring (bicyclic) bond motifs is 1. The van der Waals surface area contributed by atoms with Crippen LogP contribution in [0.4, 0.5) is 0 Å². The minimum absolute atomic E-state index is 0.208. The van der Waals surface area contributed by atoms with Gasteiger partial charge in [-0.05, 0) is 56.4 Å². The van der Waals surface area contributed by atoms with E-state index in [1.807, 2.05) is 13.0 Å². The van der Waals surface area contributed by atoms with E-state index in [0.29, 0.717) is 17.4 Å². The van der Waals surface area contributed by atoms with Gasteiger partial charge in [0.15, 0.2) is 0 Å². The van der Waals surface area contributed by atoms with Crippen molar-refractivity contribution in [3.05, 3.63) is 22.8 Å². The van der Waals surface area contributed by atoms with Gasteiger partial charge in [0.1, 0.15) is 0 Å². The van der Waals surface area contributed by atoms with Gasteiger partial charge in [0.25, 0.3) is 0 Å². The summed E-state index contributed by atoms with van der Waals surface area (Å²) in [6, 6.07) is 0. The number of aliphatic carboxylic acids is 1. The topological polar surface area (TPSA) is 57.5 Å². The Bertz CT molecular complexity index is 419. The van der Waals surface area contributed by atoms with Gasteiger partial charge in [0, 0.05) is 5.57 Å². The van der Waals surface area contributed by atoms with E-state index in [4.69, 9.17) is 5.11 Å². The summed E-state index contributed by atoms with van der Waals surface area (Å²) in [5.41, 5.74) is 2.79. The minimum Gasteiger partial charge on any atom is -0.478 e. The van der Waals surface area contributed by atoms with Crippen LogP contribution in [0.5, 0.6) is 0 Å². The first-order chi connectivity index (χ1) is 8.41. The van der Waals surface area contributed by atoms with Gasteiger partial charge in [0.2, 0.25) is 0 Å². The standard InChI is InChI=1S/C15H22O3/c1-8-4-5-11(6-9(2)15(17)18)14-10(3)13(16)7-12(8)14/h6,8,11-13,16H,4-5,7H2,1-3H3,(H,17,18)/b9-6-/t8-,11-,12-,13+/m0/s1. The predicted molar refractivity (Wildman–Crippen MR) is 70.1 cm³/mol. The highest BCUT2D eigenvalue weighted by atomic mass is 16.4. The van der Waals surface area contributed by atoms with E-state index in [2.05, 4.69) is 6.92 Å². The summed E-state index contributed by atoms with van der Waals surface area (Å²) < 4.78 is 0. The van der Waals surface area contributed by atoms with Crippen molar-refractivity contribution in [1.82, 2.24) is 0 Å². The number of aliphatic hydroxyl groups is 1. The molecule has 1 saturated carbocycles. The minimum atomic E-state index is -0.845. The summed E-state index contributed by atoms with van der Waals surface area (Å²) in [7, 11) is 0. The summed E-state index contributed by atoms with van der Waals surface area (Å²) in [4.78, 5) is 10.9.